The third kappa shape index (κ3) is 2.92. The lowest BCUT2D eigenvalue weighted by Gasteiger charge is -2.20. The summed E-state index contributed by atoms with van der Waals surface area (Å²) in [6.07, 6.45) is 0. The molecule has 3 aromatic rings. The van der Waals surface area contributed by atoms with Crippen molar-refractivity contribution in [1.82, 2.24) is 25.5 Å². The molecule has 0 unspecified atom stereocenters. The van der Waals surface area contributed by atoms with Crippen molar-refractivity contribution in [2.24, 2.45) is 0 Å². The van der Waals surface area contributed by atoms with Crippen molar-refractivity contribution >= 4 is 10.8 Å². The molecular weight excluding hydrogens is 262 g/mol. The highest BCUT2D eigenvalue weighted by atomic mass is 15.5. The van der Waals surface area contributed by atoms with Gasteiger partial charge in [-0.1, -0.05) is 36.4 Å². The Labute approximate surface area is 124 Å². The Morgan fingerprint density at radius 1 is 1.05 bits per heavy atom. The fourth-order valence-electron chi connectivity index (χ4n) is 2.24. The molecular formula is C16H19N5. The van der Waals surface area contributed by atoms with Crippen LogP contribution in [0.5, 0.6) is 0 Å². The van der Waals surface area contributed by atoms with Crippen molar-refractivity contribution < 1.29 is 0 Å². The molecule has 0 aliphatic carbocycles. The summed E-state index contributed by atoms with van der Waals surface area (Å²) in [5.74, 6) is 0.807. The van der Waals surface area contributed by atoms with E-state index in [0.29, 0.717) is 6.54 Å². The molecule has 5 heteroatoms. The molecule has 0 fully saturated rings. The monoisotopic (exact) mass is 281 g/mol. The number of tetrazole rings is 1. The second-order valence-electron chi connectivity index (χ2n) is 6.11. The maximum absolute atomic E-state index is 4.15. The Hall–Kier alpha value is -2.27. The van der Waals surface area contributed by atoms with Crippen LogP contribution in [-0.2, 0) is 6.54 Å². The molecule has 0 atom stereocenters. The highest BCUT2D eigenvalue weighted by Gasteiger charge is 2.14. The number of rotatable bonds is 3. The van der Waals surface area contributed by atoms with Crippen LogP contribution in [0.25, 0.3) is 16.5 Å². The van der Waals surface area contributed by atoms with Crippen molar-refractivity contribution in [2.75, 3.05) is 0 Å². The second kappa shape index (κ2) is 5.26. The van der Waals surface area contributed by atoms with Gasteiger partial charge in [-0.3, -0.25) is 0 Å². The molecule has 2 aromatic carbocycles. The Morgan fingerprint density at radius 2 is 1.81 bits per heavy atom. The van der Waals surface area contributed by atoms with Gasteiger partial charge in [0.15, 0.2) is 5.82 Å². The summed E-state index contributed by atoms with van der Waals surface area (Å²) in [6.45, 7) is 7.00. The molecule has 0 aliphatic rings. The van der Waals surface area contributed by atoms with Crippen molar-refractivity contribution in [3.63, 3.8) is 0 Å². The van der Waals surface area contributed by atoms with Gasteiger partial charge >= 0.3 is 0 Å². The number of hydrogen-bond acceptors (Lipinski definition) is 4. The van der Waals surface area contributed by atoms with E-state index in [2.05, 4.69) is 59.8 Å². The molecule has 0 bridgehead atoms. The molecule has 0 radical (unpaired) electrons. The second-order valence-corrected chi connectivity index (χ2v) is 6.11. The number of hydrogen-bond donors (Lipinski definition) is 1. The van der Waals surface area contributed by atoms with Crippen LogP contribution in [0.15, 0.2) is 42.5 Å². The number of fused-ring (bicyclic) bond motifs is 1. The van der Waals surface area contributed by atoms with Crippen LogP contribution in [0.1, 0.15) is 26.6 Å². The Kier molecular flexibility index (Phi) is 3.43. The minimum Gasteiger partial charge on any atom is -0.305 e. The van der Waals surface area contributed by atoms with E-state index in [9.17, 15) is 0 Å². The van der Waals surface area contributed by atoms with Gasteiger partial charge in [-0.15, -0.1) is 5.10 Å². The molecule has 0 saturated carbocycles. The number of benzene rings is 2. The van der Waals surface area contributed by atoms with Crippen molar-refractivity contribution in [3.05, 3.63) is 48.3 Å². The summed E-state index contributed by atoms with van der Waals surface area (Å²) in [4.78, 5) is 0. The zero-order chi connectivity index (χ0) is 14.9. The standard InChI is InChI=1S/C16H19N5/c1-16(2,3)17-11-15-18-19-20-21(15)14-10-6-8-12-7-4-5-9-13(12)14/h4-10,17H,11H2,1-3H3. The van der Waals surface area contributed by atoms with Gasteiger partial charge in [-0.05, 0) is 42.7 Å². The summed E-state index contributed by atoms with van der Waals surface area (Å²) in [7, 11) is 0. The van der Waals surface area contributed by atoms with Crippen LogP contribution < -0.4 is 5.32 Å². The molecule has 21 heavy (non-hydrogen) atoms. The average Bonchev–Trinajstić information content (AvgIpc) is 2.92. The minimum absolute atomic E-state index is 0.0233. The van der Waals surface area contributed by atoms with E-state index in [1.165, 1.54) is 5.39 Å². The number of nitrogens with zero attached hydrogens (tertiary/aromatic N) is 4. The van der Waals surface area contributed by atoms with Crippen LogP contribution in [0.3, 0.4) is 0 Å². The van der Waals surface area contributed by atoms with Gasteiger partial charge in [-0.2, -0.15) is 4.68 Å². The van der Waals surface area contributed by atoms with Gasteiger partial charge in [0.1, 0.15) is 0 Å². The van der Waals surface area contributed by atoms with Crippen molar-refractivity contribution in [2.45, 2.75) is 32.9 Å². The van der Waals surface area contributed by atoms with Crippen molar-refractivity contribution in [3.8, 4) is 5.69 Å². The minimum atomic E-state index is 0.0233. The fraction of sp³-hybridized carbons (Fsp3) is 0.312. The number of aromatic nitrogens is 4. The first-order valence-electron chi connectivity index (χ1n) is 7.05. The van der Waals surface area contributed by atoms with E-state index in [-0.39, 0.29) is 5.54 Å². The maximum Gasteiger partial charge on any atom is 0.170 e. The van der Waals surface area contributed by atoms with Gasteiger partial charge < -0.3 is 5.32 Å². The fourth-order valence-corrected chi connectivity index (χ4v) is 2.24. The predicted molar refractivity (Wildman–Crippen MR) is 83.3 cm³/mol. The third-order valence-electron chi connectivity index (χ3n) is 3.31. The lowest BCUT2D eigenvalue weighted by molar-refractivity contribution is 0.415. The largest absolute Gasteiger partial charge is 0.305 e. The van der Waals surface area contributed by atoms with E-state index in [1.54, 1.807) is 4.68 Å². The molecule has 5 nitrogen and oxygen atoms in total. The van der Waals surface area contributed by atoms with E-state index < -0.39 is 0 Å². The summed E-state index contributed by atoms with van der Waals surface area (Å²) in [5, 5.41) is 17.9. The highest BCUT2D eigenvalue weighted by molar-refractivity contribution is 5.89. The average molecular weight is 281 g/mol. The smallest absolute Gasteiger partial charge is 0.170 e. The van der Waals surface area contributed by atoms with Gasteiger partial charge in [0.2, 0.25) is 0 Å². The topological polar surface area (TPSA) is 55.6 Å². The predicted octanol–water partition coefficient (Wildman–Crippen LogP) is 2.70. The molecule has 108 valence electrons. The summed E-state index contributed by atoms with van der Waals surface area (Å²) >= 11 is 0. The maximum atomic E-state index is 4.15. The Morgan fingerprint density at radius 3 is 2.62 bits per heavy atom. The molecule has 3 rings (SSSR count). The summed E-state index contributed by atoms with van der Waals surface area (Å²) < 4.78 is 1.81. The summed E-state index contributed by atoms with van der Waals surface area (Å²) in [6, 6.07) is 14.4. The van der Waals surface area contributed by atoms with Crippen LogP contribution in [-0.4, -0.2) is 25.7 Å². The van der Waals surface area contributed by atoms with E-state index in [4.69, 9.17) is 0 Å². The lowest BCUT2D eigenvalue weighted by atomic mass is 10.1. The van der Waals surface area contributed by atoms with Crippen LogP contribution in [0, 0.1) is 0 Å². The first-order valence-corrected chi connectivity index (χ1v) is 7.05. The lowest BCUT2D eigenvalue weighted by Crippen LogP contribution is -2.35. The van der Waals surface area contributed by atoms with Gasteiger partial charge in [0.25, 0.3) is 0 Å². The van der Waals surface area contributed by atoms with E-state index in [0.717, 1.165) is 16.9 Å². The molecule has 1 aromatic heterocycles. The third-order valence-corrected chi connectivity index (χ3v) is 3.31. The van der Waals surface area contributed by atoms with Crippen LogP contribution >= 0.6 is 0 Å². The van der Waals surface area contributed by atoms with E-state index >= 15 is 0 Å². The van der Waals surface area contributed by atoms with Crippen LogP contribution in [0.2, 0.25) is 0 Å². The molecule has 0 aliphatic heterocycles. The molecule has 1 N–H and O–H groups in total. The Bertz CT molecular complexity index is 749. The number of nitrogens with one attached hydrogen (secondary N) is 1. The SMILES string of the molecule is CC(C)(C)NCc1nnnn1-c1cccc2ccccc12. The molecule has 1 heterocycles. The Balaban J connectivity index is 2.02. The van der Waals surface area contributed by atoms with Gasteiger partial charge in [-0.25, -0.2) is 0 Å². The first kappa shape index (κ1) is 13.7. The first-order chi connectivity index (χ1) is 10.0. The molecule has 0 spiro atoms. The zero-order valence-corrected chi connectivity index (χ0v) is 12.5. The molecule has 0 amide bonds. The zero-order valence-electron chi connectivity index (χ0n) is 12.5. The van der Waals surface area contributed by atoms with Crippen molar-refractivity contribution in [1.29, 1.82) is 0 Å². The van der Waals surface area contributed by atoms with Gasteiger partial charge in [0.05, 0.1) is 12.2 Å². The summed E-state index contributed by atoms with van der Waals surface area (Å²) in [5.41, 5.74) is 1.03. The van der Waals surface area contributed by atoms with Gasteiger partial charge in [0, 0.05) is 10.9 Å². The van der Waals surface area contributed by atoms with Crippen LogP contribution in [0.4, 0.5) is 0 Å². The normalized spacial score (nSPS) is 12.0. The molecule has 0 saturated heterocycles. The van der Waals surface area contributed by atoms with E-state index in [1.807, 2.05) is 24.3 Å². The highest BCUT2D eigenvalue weighted by Crippen LogP contribution is 2.22. The quantitative estimate of drug-likeness (QED) is 0.802.